The average molecular weight is 216 g/mol. The smallest absolute Gasteiger partial charge is 0.0981 e. The maximum absolute atomic E-state index is 9.78. The van der Waals surface area contributed by atoms with E-state index in [4.69, 9.17) is 17.3 Å². The molecule has 1 rings (SSSR count). The summed E-state index contributed by atoms with van der Waals surface area (Å²) in [6, 6.07) is 0. The first-order chi connectivity index (χ1) is 6.56. The fourth-order valence-electron chi connectivity index (χ4n) is 1.55. The van der Waals surface area contributed by atoms with Crippen molar-refractivity contribution in [3.63, 3.8) is 0 Å². The van der Waals surface area contributed by atoms with E-state index in [1.807, 2.05) is 13.8 Å². The van der Waals surface area contributed by atoms with Crippen molar-refractivity contribution in [2.45, 2.75) is 42.6 Å². The minimum Gasteiger partial charge on any atom is -0.390 e. The molecule has 0 aromatic rings. The third kappa shape index (κ3) is 2.89. The molecule has 2 radical (unpaired) electrons. The molecule has 80 valence electrons. The first-order valence-electron chi connectivity index (χ1n) is 4.79. The van der Waals surface area contributed by atoms with Crippen LogP contribution in [0.3, 0.4) is 0 Å². The fraction of sp³-hybridized carbons (Fsp3) is 1.00. The van der Waals surface area contributed by atoms with Gasteiger partial charge in [0, 0.05) is 7.11 Å². The van der Waals surface area contributed by atoms with Crippen LogP contribution in [0.5, 0.6) is 0 Å². The van der Waals surface area contributed by atoms with E-state index in [1.54, 1.807) is 7.11 Å². The number of rotatable bonds is 4. The van der Waals surface area contributed by atoms with Crippen LogP contribution in [0.25, 0.3) is 0 Å². The number of hydrogen-bond donors (Lipinski definition) is 1. The zero-order valence-corrected chi connectivity index (χ0v) is 9.66. The number of hydrogen-bond acceptors (Lipinski definition) is 4. The zero-order chi connectivity index (χ0) is 10.7. The van der Waals surface area contributed by atoms with Crippen LogP contribution in [0.2, 0.25) is 0 Å². The largest absolute Gasteiger partial charge is 0.390 e. The molecule has 1 aliphatic heterocycles. The Bertz CT molecular complexity index is 179. The summed E-state index contributed by atoms with van der Waals surface area (Å²) in [6.07, 6.45) is -0.711. The second-order valence-electron chi connectivity index (χ2n) is 3.73. The minimum absolute atomic E-state index is 0.0971. The van der Waals surface area contributed by atoms with E-state index in [0.29, 0.717) is 6.61 Å². The van der Waals surface area contributed by atoms with Crippen molar-refractivity contribution < 1.29 is 14.6 Å². The van der Waals surface area contributed by atoms with Crippen LogP contribution in [0.1, 0.15) is 13.8 Å². The van der Waals surface area contributed by atoms with E-state index < -0.39 is 6.10 Å². The Balaban J connectivity index is 2.56. The van der Waals surface area contributed by atoms with Crippen molar-refractivity contribution in [3.8, 4) is 0 Å². The molecular weight excluding hydrogens is 199 g/mol. The monoisotopic (exact) mass is 216 g/mol. The molecular formula is C9H17BO3S. The molecule has 4 atom stereocenters. The molecule has 0 amide bonds. The van der Waals surface area contributed by atoms with Crippen molar-refractivity contribution in [1.29, 1.82) is 0 Å². The second-order valence-corrected chi connectivity index (χ2v) is 5.16. The van der Waals surface area contributed by atoms with Gasteiger partial charge < -0.3 is 14.6 Å². The Morgan fingerprint density at radius 1 is 1.50 bits per heavy atom. The van der Waals surface area contributed by atoms with E-state index in [-0.39, 0.29) is 22.6 Å². The topological polar surface area (TPSA) is 38.7 Å². The van der Waals surface area contributed by atoms with Crippen molar-refractivity contribution in [2.24, 2.45) is 0 Å². The van der Waals surface area contributed by atoms with Crippen LogP contribution in [0.4, 0.5) is 0 Å². The summed E-state index contributed by atoms with van der Waals surface area (Å²) >= 11 is 1.53. The molecule has 1 heterocycles. The van der Waals surface area contributed by atoms with Crippen LogP contribution in [-0.2, 0) is 9.47 Å². The van der Waals surface area contributed by atoms with Gasteiger partial charge in [0.1, 0.15) is 0 Å². The third-order valence-electron chi connectivity index (χ3n) is 2.13. The van der Waals surface area contributed by atoms with Gasteiger partial charge in [-0.15, -0.1) is 0 Å². The Morgan fingerprint density at radius 2 is 2.14 bits per heavy atom. The lowest BCUT2D eigenvalue weighted by Gasteiger charge is -2.23. The first kappa shape index (κ1) is 12.4. The van der Waals surface area contributed by atoms with Gasteiger partial charge in [-0.2, -0.15) is 11.8 Å². The van der Waals surface area contributed by atoms with Crippen molar-refractivity contribution in [1.82, 2.24) is 0 Å². The van der Waals surface area contributed by atoms with Gasteiger partial charge in [0.25, 0.3) is 0 Å². The van der Waals surface area contributed by atoms with E-state index >= 15 is 0 Å². The van der Waals surface area contributed by atoms with Gasteiger partial charge in [-0.05, 0) is 19.0 Å². The predicted octanol–water partition coefficient (Wildman–Crippen LogP) is 0.397. The van der Waals surface area contributed by atoms with Crippen LogP contribution in [0.15, 0.2) is 0 Å². The van der Waals surface area contributed by atoms with Crippen LogP contribution < -0.4 is 0 Å². The minimum atomic E-state index is -0.595. The lowest BCUT2D eigenvalue weighted by atomic mass is 9.94. The fourth-order valence-corrected chi connectivity index (χ4v) is 2.86. The molecule has 1 N–H and O–H groups in total. The number of aliphatic hydroxyl groups excluding tert-OH is 1. The van der Waals surface area contributed by atoms with Crippen molar-refractivity contribution in [2.75, 3.05) is 13.7 Å². The summed E-state index contributed by atoms with van der Waals surface area (Å²) in [6.45, 7) is 4.46. The quantitative estimate of drug-likeness (QED) is 0.690. The predicted molar refractivity (Wildman–Crippen MR) is 58.8 cm³/mol. The van der Waals surface area contributed by atoms with E-state index in [1.165, 1.54) is 11.8 Å². The lowest BCUT2D eigenvalue weighted by molar-refractivity contribution is -0.0601. The first-order valence-corrected chi connectivity index (χ1v) is 5.74. The molecule has 2 unspecified atom stereocenters. The number of methoxy groups -OCH3 is 1. The van der Waals surface area contributed by atoms with Gasteiger partial charge in [-0.25, -0.2) is 0 Å². The summed E-state index contributed by atoms with van der Waals surface area (Å²) in [5.41, 5.74) is 0. The SMILES string of the molecule is [B][C@@H]1S[C@H](COC)C(OC(C)C)C1O. The van der Waals surface area contributed by atoms with Gasteiger partial charge in [0.05, 0.1) is 38.0 Å². The number of ether oxygens (including phenoxy) is 2. The van der Waals surface area contributed by atoms with Crippen molar-refractivity contribution in [3.05, 3.63) is 0 Å². The Morgan fingerprint density at radius 3 is 2.64 bits per heavy atom. The highest BCUT2D eigenvalue weighted by Crippen LogP contribution is 2.35. The molecule has 1 saturated heterocycles. The number of aliphatic hydroxyl groups is 1. The molecule has 1 aliphatic rings. The van der Waals surface area contributed by atoms with Gasteiger partial charge in [0.15, 0.2) is 0 Å². The molecule has 0 bridgehead atoms. The lowest BCUT2D eigenvalue weighted by Crippen LogP contribution is -2.38. The Hall–Kier alpha value is 0.295. The molecule has 0 spiro atoms. The highest BCUT2D eigenvalue weighted by molar-refractivity contribution is 8.02. The second kappa shape index (κ2) is 5.40. The van der Waals surface area contributed by atoms with E-state index in [0.717, 1.165) is 0 Å². The summed E-state index contributed by atoms with van der Waals surface area (Å²) in [5, 5.41) is 9.64. The third-order valence-corrected chi connectivity index (χ3v) is 3.48. The van der Waals surface area contributed by atoms with Gasteiger partial charge in [-0.1, -0.05) is 0 Å². The van der Waals surface area contributed by atoms with E-state index in [9.17, 15) is 5.11 Å². The molecule has 0 aliphatic carbocycles. The van der Waals surface area contributed by atoms with Gasteiger partial charge in [0.2, 0.25) is 0 Å². The summed E-state index contributed by atoms with van der Waals surface area (Å²) in [5.74, 6) is 0. The normalized spacial score (nSPS) is 38.1. The van der Waals surface area contributed by atoms with E-state index in [2.05, 4.69) is 0 Å². The molecule has 3 nitrogen and oxygen atoms in total. The van der Waals surface area contributed by atoms with Crippen LogP contribution >= 0.6 is 11.8 Å². The Kier molecular flexibility index (Phi) is 4.77. The molecule has 5 heteroatoms. The van der Waals surface area contributed by atoms with Crippen LogP contribution in [0, 0.1) is 0 Å². The molecule has 0 aromatic heterocycles. The van der Waals surface area contributed by atoms with Crippen LogP contribution in [-0.4, -0.2) is 55.4 Å². The Labute approximate surface area is 90.9 Å². The van der Waals surface area contributed by atoms with Gasteiger partial charge >= 0.3 is 0 Å². The zero-order valence-electron chi connectivity index (χ0n) is 8.84. The highest BCUT2D eigenvalue weighted by atomic mass is 32.2. The molecule has 0 aromatic carbocycles. The highest BCUT2D eigenvalue weighted by Gasteiger charge is 2.41. The standard InChI is InChI=1S/C9H17BO3S/c1-5(2)13-8-6(4-12-3)14-9(10)7(8)11/h5-9,11H,4H2,1-3H3/t6-,7?,8?,9-/m1/s1. The molecule has 0 saturated carbocycles. The summed E-state index contributed by atoms with van der Waals surface area (Å²) < 4.78 is 10.7. The van der Waals surface area contributed by atoms with Gasteiger partial charge in [-0.3, -0.25) is 0 Å². The molecule has 14 heavy (non-hydrogen) atoms. The maximum Gasteiger partial charge on any atom is 0.0981 e. The average Bonchev–Trinajstić information content (AvgIpc) is 2.33. The summed E-state index contributed by atoms with van der Waals surface area (Å²) in [7, 11) is 7.38. The van der Waals surface area contributed by atoms with Crippen molar-refractivity contribution >= 4 is 19.6 Å². The summed E-state index contributed by atoms with van der Waals surface area (Å²) in [4.78, 5) is 0. The molecule has 1 fully saturated rings. The maximum atomic E-state index is 9.78. The number of thioether (sulfide) groups is 1.